The molecule has 3 aromatic rings. The molecule has 0 spiro atoms. The van der Waals surface area contributed by atoms with E-state index in [2.05, 4.69) is 17.5 Å². The standard InChI is InChI=1S/C20H24N2O17P4/c23-16-8-9-22(20(26)21-16)19-18(25)17(24)15(36-19)10-35-41(29,30)38-43(33,34)39-42(31,32)37-40(27,28)11-13-6-3-5-12-4-1-2-7-14(12)13/h1-9,15,17-19,24-25H,10-11H2,(H,27,28)(H,29,30)(H,31,32)(H,33,34)(H,21,23,26)/t15-,17?,18+,19-/m1/s1. The Balaban J connectivity index is 1.36. The van der Waals surface area contributed by atoms with Gasteiger partial charge in [0.15, 0.2) is 6.23 Å². The largest absolute Gasteiger partial charge is 0.490 e. The molecule has 0 saturated carbocycles. The number of nitrogens with zero attached hydrogens (tertiary/aromatic N) is 1. The van der Waals surface area contributed by atoms with E-state index in [1.54, 1.807) is 36.4 Å². The molecule has 1 aliphatic heterocycles. The summed E-state index contributed by atoms with van der Waals surface area (Å²) in [5.41, 5.74) is -1.58. The van der Waals surface area contributed by atoms with Crippen LogP contribution in [-0.2, 0) is 46.6 Å². The van der Waals surface area contributed by atoms with E-state index >= 15 is 0 Å². The smallest absolute Gasteiger partial charge is 0.387 e. The van der Waals surface area contributed by atoms with Gasteiger partial charge in [-0.2, -0.15) is 8.62 Å². The molecule has 0 amide bonds. The minimum absolute atomic E-state index is 0.217. The summed E-state index contributed by atoms with van der Waals surface area (Å²) in [5, 5.41) is 21.5. The molecule has 2 aromatic carbocycles. The number of phosphoric ester groups is 1. The first-order valence-corrected chi connectivity index (χ1v) is 18.0. The Kier molecular flexibility index (Phi) is 9.96. The second-order valence-electron chi connectivity index (χ2n) is 8.94. The van der Waals surface area contributed by atoms with E-state index in [0.717, 1.165) is 12.3 Å². The third-order valence-electron chi connectivity index (χ3n) is 5.76. The van der Waals surface area contributed by atoms with Gasteiger partial charge in [-0.3, -0.25) is 23.4 Å². The molecular formula is C20H24N2O17P4. The zero-order valence-corrected chi connectivity index (χ0v) is 24.9. The molecule has 8 atom stereocenters. The number of ether oxygens (including phenoxy) is 1. The number of hydrogen-bond donors (Lipinski definition) is 7. The zero-order chi connectivity index (χ0) is 31.8. The van der Waals surface area contributed by atoms with Crippen LogP contribution in [0.15, 0.2) is 64.3 Å². The van der Waals surface area contributed by atoms with Crippen LogP contribution in [0.1, 0.15) is 11.8 Å². The molecule has 2 heterocycles. The van der Waals surface area contributed by atoms with Crippen LogP contribution < -0.4 is 11.2 Å². The van der Waals surface area contributed by atoms with Crippen molar-refractivity contribution in [3.8, 4) is 0 Å². The molecule has 7 N–H and O–H groups in total. The summed E-state index contributed by atoms with van der Waals surface area (Å²) in [7, 11) is -22.7. The van der Waals surface area contributed by atoms with Crippen LogP contribution in [0.3, 0.4) is 0 Å². The molecule has 19 nitrogen and oxygen atoms in total. The van der Waals surface area contributed by atoms with Crippen LogP contribution in [0.25, 0.3) is 10.8 Å². The fourth-order valence-corrected chi connectivity index (χ4v) is 9.65. The van der Waals surface area contributed by atoms with Crippen molar-refractivity contribution in [2.45, 2.75) is 30.7 Å². The van der Waals surface area contributed by atoms with E-state index in [0.29, 0.717) is 15.3 Å². The van der Waals surface area contributed by atoms with Crippen LogP contribution >= 0.6 is 31.1 Å². The van der Waals surface area contributed by atoms with Crippen LogP contribution in [0.2, 0.25) is 0 Å². The molecule has 4 rings (SSSR count). The average Bonchev–Trinajstić information content (AvgIpc) is 3.14. The summed E-state index contributed by atoms with van der Waals surface area (Å²) in [5.74, 6) is 0. The first kappa shape index (κ1) is 33.7. The van der Waals surface area contributed by atoms with Crippen molar-refractivity contribution in [1.29, 1.82) is 0 Å². The van der Waals surface area contributed by atoms with Gasteiger partial charge in [-0.05, 0) is 16.3 Å². The molecule has 0 radical (unpaired) electrons. The number of rotatable bonds is 12. The number of aromatic amines is 1. The fraction of sp³-hybridized carbons (Fsp3) is 0.300. The van der Waals surface area contributed by atoms with Gasteiger partial charge >= 0.3 is 36.8 Å². The van der Waals surface area contributed by atoms with Crippen molar-refractivity contribution in [3.05, 3.63) is 81.1 Å². The Labute approximate surface area is 240 Å². The molecule has 236 valence electrons. The Hall–Kier alpha value is -2.14. The minimum atomic E-state index is -6.04. The highest BCUT2D eigenvalue weighted by Gasteiger charge is 2.48. The number of aliphatic hydroxyl groups is 2. The van der Waals surface area contributed by atoms with Crippen LogP contribution in [0, 0.1) is 0 Å². The van der Waals surface area contributed by atoms with Crippen molar-refractivity contribution in [2.75, 3.05) is 6.61 Å². The molecular weight excluding hydrogens is 664 g/mol. The number of benzene rings is 2. The van der Waals surface area contributed by atoms with Gasteiger partial charge in [0.25, 0.3) is 5.56 Å². The summed E-state index contributed by atoms with van der Waals surface area (Å²) >= 11 is 0. The van der Waals surface area contributed by atoms with E-state index in [1.165, 1.54) is 6.07 Å². The maximum Gasteiger partial charge on any atom is 0.490 e. The lowest BCUT2D eigenvalue weighted by molar-refractivity contribution is -0.0542. The monoisotopic (exact) mass is 688 g/mol. The third kappa shape index (κ3) is 8.74. The van der Waals surface area contributed by atoms with E-state index in [-0.39, 0.29) is 5.56 Å². The summed E-state index contributed by atoms with van der Waals surface area (Å²) in [6.07, 6.45) is -6.81. The van der Waals surface area contributed by atoms with E-state index in [1.807, 2.05) is 4.98 Å². The number of H-pyrrole nitrogens is 1. The minimum Gasteiger partial charge on any atom is -0.387 e. The maximum atomic E-state index is 12.6. The predicted molar refractivity (Wildman–Crippen MR) is 143 cm³/mol. The van der Waals surface area contributed by atoms with Crippen LogP contribution in [-0.4, -0.2) is 64.3 Å². The van der Waals surface area contributed by atoms with E-state index < -0.39 is 79.6 Å². The first-order valence-electron chi connectivity index (χ1n) is 11.8. The van der Waals surface area contributed by atoms with Crippen molar-refractivity contribution in [1.82, 2.24) is 9.55 Å². The van der Waals surface area contributed by atoms with Gasteiger partial charge in [0.2, 0.25) is 0 Å². The number of phosphoric acid groups is 3. The van der Waals surface area contributed by atoms with Gasteiger partial charge < -0.3 is 34.5 Å². The first-order chi connectivity index (χ1) is 19.9. The number of nitrogens with one attached hydrogen (secondary N) is 1. The molecule has 5 unspecified atom stereocenters. The van der Waals surface area contributed by atoms with Crippen LogP contribution in [0.5, 0.6) is 0 Å². The Bertz CT molecular complexity index is 1800. The lowest BCUT2D eigenvalue weighted by Gasteiger charge is -2.21. The summed E-state index contributed by atoms with van der Waals surface area (Å²) in [6, 6.07) is 12.2. The van der Waals surface area contributed by atoms with Gasteiger partial charge in [-0.15, -0.1) is 0 Å². The van der Waals surface area contributed by atoms with Gasteiger partial charge in [0.1, 0.15) is 18.3 Å². The number of fused-ring (bicyclic) bond motifs is 1. The Morgan fingerprint density at radius 3 is 2.14 bits per heavy atom. The van der Waals surface area contributed by atoms with Crippen molar-refractivity contribution in [2.24, 2.45) is 0 Å². The summed E-state index contributed by atoms with van der Waals surface area (Å²) in [4.78, 5) is 64.7. The highest BCUT2D eigenvalue weighted by molar-refractivity contribution is 7.70. The number of aliphatic hydroxyl groups excluding tert-OH is 2. The van der Waals surface area contributed by atoms with Crippen LogP contribution in [0.4, 0.5) is 0 Å². The van der Waals surface area contributed by atoms with E-state index in [9.17, 15) is 57.6 Å². The zero-order valence-electron chi connectivity index (χ0n) is 21.3. The number of hydrogen-bond acceptors (Lipinski definition) is 13. The summed E-state index contributed by atoms with van der Waals surface area (Å²) < 4.78 is 71.7. The lowest BCUT2D eigenvalue weighted by Crippen LogP contribution is -2.37. The van der Waals surface area contributed by atoms with Crippen molar-refractivity contribution in [3.63, 3.8) is 0 Å². The molecule has 1 aliphatic rings. The quantitative estimate of drug-likeness (QED) is 0.131. The Morgan fingerprint density at radius 2 is 1.44 bits per heavy atom. The van der Waals surface area contributed by atoms with Crippen molar-refractivity contribution < 1.29 is 70.2 Å². The molecule has 1 aromatic heterocycles. The Morgan fingerprint density at radius 1 is 0.814 bits per heavy atom. The highest BCUT2D eigenvalue weighted by Crippen LogP contribution is 2.71. The molecule has 1 saturated heterocycles. The average molecular weight is 688 g/mol. The van der Waals surface area contributed by atoms with Gasteiger partial charge in [0, 0.05) is 12.3 Å². The molecule has 43 heavy (non-hydrogen) atoms. The summed E-state index contributed by atoms with van der Waals surface area (Å²) in [6.45, 7) is -1.12. The number of aromatic nitrogens is 2. The topological polar surface area (TPSA) is 291 Å². The fourth-order valence-electron chi connectivity index (χ4n) is 4.04. The maximum absolute atomic E-state index is 12.6. The third-order valence-corrected chi connectivity index (χ3v) is 12.1. The van der Waals surface area contributed by atoms with E-state index in [4.69, 9.17) is 4.74 Å². The van der Waals surface area contributed by atoms with Gasteiger partial charge in [-0.1, -0.05) is 42.5 Å². The highest BCUT2D eigenvalue weighted by atomic mass is 31.3. The SMILES string of the molecule is O=c1ccn([C@@H]2O[C@H](COP(=O)(O)OP(=O)(O)OP(=O)(O)OP(=O)(O)Cc3cccc4ccccc34)C(O)[C@@H]2O)c(=O)[nH]1. The molecule has 0 aliphatic carbocycles. The predicted octanol–water partition coefficient (Wildman–Crippen LogP) is 1.06. The lowest BCUT2D eigenvalue weighted by atomic mass is 10.1. The second-order valence-corrected chi connectivity index (χ2v) is 15.6. The molecule has 1 fully saturated rings. The molecule has 0 bridgehead atoms. The second kappa shape index (κ2) is 12.7. The normalized spacial score (nSPS) is 26.3. The van der Waals surface area contributed by atoms with Crippen molar-refractivity contribution >= 4 is 41.8 Å². The molecule has 23 heteroatoms. The van der Waals surface area contributed by atoms with Gasteiger partial charge in [-0.25, -0.2) is 22.8 Å². The van der Waals surface area contributed by atoms with Gasteiger partial charge in [0.05, 0.1) is 12.8 Å².